The molecule has 1 fully saturated rings. The zero-order chi connectivity index (χ0) is 18.1. The first kappa shape index (κ1) is 19.4. The predicted octanol–water partition coefficient (Wildman–Crippen LogP) is 1.09. The Morgan fingerprint density at radius 3 is 2.52 bits per heavy atom. The molecule has 6 heteroatoms. The first-order chi connectivity index (χ1) is 12.1. The van der Waals surface area contributed by atoms with E-state index in [9.17, 15) is 9.59 Å². The van der Waals surface area contributed by atoms with Crippen molar-refractivity contribution in [3.63, 3.8) is 0 Å². The van der Waals surface area contributed by atoms with Crippen LogP contribution in [-0.2, 0) is 20.9 Å². The molecule has 1 aliphatic heterocycles. The maximum Gasteiger partial charge on any atom is 0.236 e. The second-order valence-corrected chi connectivity index (χ2v) is 6.53. The second kappa shape index (κ2) is 10.2. The first-order valence-corrected chi connectivity index (χ1v) is 8.91. The SMILES string of the molecule is COCCNCC(=O)N1CCC(C(=O)NCc2ccc(C)cc2)CC1. The normalized spacial score (nSPS) is 15.2. The number of carbonyl (C=O) groups is 2. The molecule has 1 aromatic carbocycles. The lowest BCUT2D eigenvalue weighted by Gasteiger charge is -2.31. The Bertz CT molecular complexity index is 552. The van der Waals surface area contributed by atoms with Crippen LogP contribution in [0.4, 0.5) is 0 Å². The van der Waals surface area contributed by atoms with Crippen LogP contribution in [0.3, 0.4) is 0 Å². The number of amides is 2. The van der Waals surface area contributed by atoms with Crippen molar-refractivity contribution in [3.8, 4) is 0 Å². The van der Waals surface area contributed by atoms with Crippen molar-refractivity contribution in [1.29, 1.82) is 0 Å². The highest BCUT2D eigenvalue weighted by Crippen LogP contribution is 2.17. The lowest BCUT2D eigenvalue weighted by atomic mass is 9.95. The van der Waals surface area contributed by atoms with Crippen LogP contribution < -0.4 is 10.6 Å². The molecule has 0 aromatic heterocycles. The number of methoxy groups -OCH3 is 1. The molecule has 1 aromatic rings. The van der Waals surface area contributed by atoms with Gasteiger partial charge in [-0.3, -0.25) is 9.59 Å². The van der Waals surface area contributed by atoms with Gasteiger partial charge in [0.1, 0.15) is 0 Å². The molecule has 0 aliphatic carbocycles. The minimum absolute atomic E-state index is 0.00375. The molecule has 0 saturated carbocycles. The molecule has 2 amide bonds. The Kier molecular flexibility index (Phi) is 7.88. The van der Waals surface area contributed by atoms with Gasteiger partial charge in [-0.25, -0.2) is 0 Å². The molecule has 0 radical (unpaired) electrons. The number of piperidine rings is 1. The number of ether oxygens (including phenoxy) is 1. The number of hydrogen-bond donors (Lipinski definition) is 2. The molecule has 0 unspecified atom stereocenters. The van der Waals surface area contributed by atoms with E-state index >= 15 is 0 Å². The van der Waals surface area contributed by atoms with Crippen LogP contribution >= 0.6 is 0 Å². The highest BCUT2D eigenvalue weighted by Gasteiger charge is 2.26. The highest BCUT2D eigenvalue weighted by molar-refractivity contribution is 5.80. The van der Waals surface area contributed by atoms with Crippen LogP contribution in [0.1, 0.15) is 24.0 Å². The number of nitrogens with zero attached hydrogens (tertiary/aromatic N) is 1. The smallest absolute Gasteiger partial charge is 0.236 e. The average molecular weight is 347 g/mol. The van der Waals surface area contributed by atoms with E-state index in [4.69, 9.17) is 4.74 Å². The number of carbonyl (C=O) groups excluding carboxylic acids is 2. The average Bonchev–Trinajstić information content (AvgIpc) is 2.64. The van der Waals surface area contributed by atoms with E-state index < -0.39 is 0 Å². The van der Waals surface area contributed by atoms with Gasteiger partial charge in [0, 0.05) is 39.2 Å². The van der Waals surface area contributed by atoms with Gasteiger partial charge in [0.2, 0.25) is 11.8 Å². The summed E-state index contributed by atoms with van der Waals surface area (Å²) in [5.74, 6) is 0.177. The summed E-state index contributed by atoms with van der Waals surface area (Å²) in [5, 5.41) is 6.08. The molecule has 1 saturated heterocycles. The number of benzene rings is 1. The molecule has 6 nitrogen and oxygen atoms in total. The maximum absolute atomic E-state index is 12.3. The van der Waals surface area contributed by atoms with Crippen molar-refractivity contribution >= 4 is 11.8 Å². The van der Waals surface area contributed by atoms with E-state index in [0.717, 1.165) is 18.4 Å². The van der Waals surface area contributed by atoms with Crippen molar-refractivity contribution < 1.29 is 14.3 Å². The number of nitrogens with one attached hydrogen (secondary N) is 2. The van der Waals surface area contributed by atoms with Gasteiger partial charge in [0.15, 0.2) is 0 Å². The van der Waals surface area contributed by atoms with Crippen molar-refractivity contribution in [3.05, 3.63) is 35.4 Å². The molecule has 2 rings (SSSR count). The fourth-order valence-electron chi connectivity index (χ4n) is 2.91. The van der Waals surface area contributed by atoms with E-state index in [1.807, 2.05) is 36.1 Å². The van der Waals surface area contributed by atoms with Gasteiger partial charge in [0.05, 0.1) is 13.2 Å². The number of likely N-dealkylation sites (tertiary alicyclic amines) is 1. The zero-order valence-electron chi connectivity index (χ0n) is 15.2. The van der Waals surface area contributed by atoms with Gasteiger partial charge in [-0.15, -0.1) is 0 Å². The third kappa shape index (κ3) is 6.48. The quantitative estimate of drug-likeness (QED) is 0.691. The number of rotatable bonds is 8. The molecule has 0 atom stereocenters. The van der Waals surface area contributed by atoms with Crippen LogP contribution in [0.25, 0.3) is 0 Å². The molecular formula is C19H29N3O3. The summed E-state index contributed by atoms with van der Waals surface area (Å²) >= 11 is 0. The molecule has 2 N–H and O–H groups in total. The molecule has 1 aliphatic rings. The standard InChI is InChI=1S/C19H29N3O3/c1-15-3-5-16(6-4-15)13-21-19(24)17-7-10-22(11-8-17)18(23)14-20-9-12-25-2/h3-6,17,20H,7-14H2,1-2H3,(H,21,24). The van der Waals surface area contributed by atoms with E-state index in [-0.39, 0.29) is 17.7 Å². The second-order valence-electron chi connectivity index (χ2n) is 6.53. The maximum atomic E-state index is 12.3. The molecule has 25 heavy (non-hydrogen) atoms. The van der Waals surface area contributed by atoms with E-state index in [1.165, 1.54) is 5.56 Å². The first-order valence-electron chi connectivity index (χ1n) is 8.91. The van der Waals surface area contributed by atoms with Gasteiger partial charge in [-0.1, -0.05) is 29.8 Å². The minimum Gasteiger partial charge on any atom is -0.383 e. The van der Waals surface area contributed by atoms with Crippen LogP contribution in [0.15, 0.2) is 24.3 Å². The summed E-state index contributed by atoms with van der Waals surface area (Å²) in [5.41, 5.74) is 2.32. The van der Waals surface area contributed by atoms with Crippen LogP contribution in [-0.4, -0.2) is 56.6 Å². The summed E-state index contributed by atoms with van der Waals surface area (Å²) in [6.07, 6.45) is 1.45. The highest BCUT2D eigenvalue weighted by atomic mass is 16.5. The van der Waals surface area contributed by atoms with Crippen LogP contribution in [0.2, 0.25) is 0 Å². The van der Waals surface area contributed by atoms with Gasteiger partial charge in [-0.2, -0.15) is 0 Å². The van der Waals surface area contributed by atoms with Gasteiger partial charge < -0.3 is 20.3 Å². The fourth-order valence-corrected chi connectivity index (χ4v) is 2.91. The predicted molar refractivity (Wildman–Crippen MR) is 97.1 cm³/mol. The van der Waals surface area contributed by atoms with Crippen molar-refractivity contribution in [2.24, 2.45) is 5.92 Å². The van der Waals surface area contributed by atoms with Gasteiger partial charge in [0.25, 0.3) is 0 Å². The largest absolute Gasteiger partial charge is 0.383 e. The fraction of sp³-hybridized carbons (Fsp3) is 0.579. The van der Waals surface area contributed by atoms with Crippen molar-refractivity contribution in [2.45, 2.75) is 26.3 Å². The zero-order valence-corrected chi connectivity index (χ0v) is 15.2. The van der Waals surface area contributed by atoms with Crippen molar-refractivity contribution in [2.75, 3.05) is 39.9 Å². The summed E-state index contributed by atoms with van der Waals surface area (Å²) < 4.78 is 4.94. The molecule has 0 bridgehead atoms. The molecule has 0 spiro atoms. The van der Waals surface area contributed by atoms with Crippen LogP contribution in [0.5, 0.6) is 0 Å². The van der Waals surface area contributed by atoms with E-state index in [0.29, 0.717) is 39.3 Å². The monoisotopic (exact) mass is 347 g/mol. The lowest BCUT2D eigenvalue weighted by molar-refractivity contribution is -0.135. The van der Waals surface area contributed by atoms with Gasteiger partial charge in [-0.05, 0) is 25.3 Å². The number of hydrogen-bond acceptors (Lipinski definition) is 4. The summed E-state index contributed by atoms with van der Waals surface area (Å²) in [7, 11) is 1.64. The lowest BCUT2D eigenvalue weighted by Crippen LogP contribution is -2.45. The number of aryl methyl sites for hydroxylation is 1. The van der Waals surface area contributed by atoms with Crippen LogP contribution in [0, 0.1) is 12.8 Å². The minimum atomic E-state index is -0.00375. The van der Waals surface area contributed by atoms with Gasteiger partial charge >= 0.3 is 0 Å². The Balaban J connectivity index is 1.67. The van der Waals surface area contributed by atoms with Crippen molar-refractivity contribution in [1.82, 2.24) is 15.5 Å². The Morgan fingerprint density at radius 1 is 1.20 bits per heavy atom. The summed E-state index contributed by atoms with van der Waals surface area (Å²) in [4.78, 5) is 26.3. The Morgan fingerprint density at radius 2 is 1.88 bits per heavy atom. The molecule has 1 heterocycles. The molecule has 138 valence electrons. The van der Waals surface area contributed by atoms with E-state index in [2.05, 4.69) is 10.6 Å². The topological polar surface area (TPSA) is 70.7 Å². The molecular weight excluding hydrogens is 318 g/mol. The summed E-state index contributed by atoms with van der Waals surface area (Å²) in [6.45, 7) is 5.48. The Hall–Kier alpha value is -1.92. The third-order valence-electron chi connectivity index (χ3n) is 4.56. The summed E-state index contributed by atoms with van der Waals surface area (Å²) in [6, 6.07) is 8.17. The third-order valence-corrected chi connectivity index (χ3v) is 4.56. The Labute approximate surface area is 149 Å². The van der Waals surface area contributed by atoms with E-state index in [1.54, 1.807) is 7.11 Å².